The molecule has 0 radical (unpaired) electrons. The summed E-state index contributed by atoms with van der Waals surface area (Å²) in [6.07, 6.45) is -3.39. The summed E-state index contributed by atoms with van der Waals surface area (Å²) < 4.78 is 73.1. The molecule has 9 nitrogen and oxygen atoms in total. The van der Waals surface area contributed by atoms with Gasteiger partial charge >= 0.3 is 18.1 Å². The summed E-state index contributed by atoms with van der Waals surface area (Å²) in [6, 6.07) is 10.2. The van der Waals surface area contributed by atoms with Gasteiger partial charge in [-0.3, -0.25) is 14.1 Å². The highest BCUT2D eigenvalue weighted by molar-refractivity contribution is 8.15. The molecule has 0 amide bonds. The number of aromatic amines is 1. The first-order valence-electron chi connectivity index (χ1n) is 12.4. The number of hydrogen-bond donors (Lipinski definition) is 2. The predicted octanol–water partition coefficient (Wildman–Crippen LogP) is 4.09. The van der Waals surface area contributed by atoms with Crippen molar-refractivity contribution in [3.63, 3.8) is 0 Å². The minimum absolute atomic E-state index is 0.0127. The van der Waals surface area contributed by atoms with Crippen LogP contribution in [-0.2, 0) is 30.5 Å². The van der Waals surface area contributed by atoms with Gasteiger partial charge in [0.2, 0.25) is 0 Å². The van der Waals surface area contributed by atoms with E-state index in [4.69, 9.17) is 4.74 Å². The zero-order valence-corrected chi connectivity index (χ0v) is 22.8. The molecule has 1 unspecified atom stereocenters. The first-order chi connectivity index (χ1) is 18.9. The number of ether oxygens (including phenoxy) is 1. The zero-order chi connectivity index (χ0) is 28.7. The van der Waals surface area contributed by atoms with E-state index in [-0.39, 0.29) is 17.4 Å². The minimum atomic E-state index is -4.85. The highest BCUT2D eigenvalue weighted by atomic mass is 32.2. The van der Waals surface area contributed by atoms with Crippen LogP contribution in [0.2, 0.25) is 0 Å². The van der Waals surface area contributed by atoms with E-state index >= 15 is 0 Å². The third-order valence-corrected chi connectivity index (χ3v) is 9.76. The molecule has 2 N–H and O–H groups in total. The van der Waals surface area contributed by atoms with Gasteiger partial charge in [-0.1, -0.05) is 36.0 Å². The third kappa shape index (κ3) is 5.60. The molecule has 14 heteroatoms. The monoisotopic (exact) mass is 594 g/mol. The summed E-state index contributed by atoms with van der Waals surface area (Å²) in [5.74, 6) is -1.20. The summed E-state index contributed by atoms with van der Waals surface area (Å²) >= 11 is 1.32. The molecule has 2 aliphatic rings. The Kier molecular flexibility index (Phi) is 7.68. The van der Waals surface area contributed by atoms with Crippen LogP contribution in [0.1, 0.15) is 30.5 Å². The number of para-hydroxylation sites is 1. The number of aliphatic imine (C=N–C) groups is 1. The van der Waals surface area contributed by atoms with Crippen molar-refractivity contribution in [3.05, 3.63) is 59.8 Å². The molecule has 2 atom stereocenters. The lowest BCUT2D eigenvalue weighted by Crippen LogP contribution is -2.34. The van der Waals surface area contributed by atoms with Crippen molar-refractivity contribution in [2.45, 2.75) is 41.6 Å². The van der Waals surface area contributed by atoms with E-state index in [0.717, 1.165) is 28.9 Å². The van der Waals surface area contributed by atoms with Gasteiger partial charge in [0.15, 0.2) is 0 Å². The van der Waals surface area contributed by atoms with Gasteiger partial charge in [0.05, 0.1) is 40.3 Å². The van der Waals surface area contributed by atoms with Gasteiger partial charge in [0.1, 0.15) is 11.1 Å². The minimum Gasteiger partial charge on any atom is -0.392 e. The van der Waals surface area contributed by atoms with Gasteiger partial charge in [-0.2, -0.15) is 13.2 Å². The molecule has 0 spiro atoms. The number of carbonyl (C=O) groups is 2. The summed E-state index contributed by atoms with van der Waals surface area (Å²) in [5, 5.41) is 3.94. The predicted molar refractivity (Wildman–Crippen MR) is 145 cm³/mol. The van der Waals surface area contributed by atoms with Gasteiger partial charge in [-0.15, -0.1) is 0 Å². The van der Waals surface area contributed by atoms with Gasteiger partial charge in [0, 0.05) is 17.7 Å². The number of fused-ring (bicyclic) bond motifs is 1. The number of thioether (sulfide) groups is 1. The lowest BCUT2D eigenvalue weighted by molar-refractivity contribution is -0.160. The topological polar surface area (TPSA) is 121 Å². The second-order valence-corrected chi connectivity index (χ2v) is 12.6. The summed E-state index contributed by atoms with van der Waals surface area (Å²) in [4.78, 5) is 31.2. The number of halogens is 3. The van der Waals surface area contributed by atoms with Crippen LogP contribution in [0.5, 0.6) is 0 Å². The number of rotatable bonds is 7. The number of nitrogens with one attached hydrogen (secondary N) is 2. The summed E-state index contributed by atoms with van der Waals surface area (Å²) in [5.41, 5.74) is -0.128. The lowest BCUT2D eigenvalue weighted by atomic mass is 10.2. The quantitative estimate of drug-likeness (QED) is 0.312. The molecular formula is C26H25F3N4O5S2. The molecule has 212 valence electrons. The Labute approximate surface area is 232 Å². The molecule has 3 heterocycles. The first kappa shape index (κ1) is 28.2. The standard InChI is InChI=1S/C26H25F3N4O5S2/c1-33(40(36,37)21-10-3-2-7-17(21)26(27,28)29)20-9-4-6-15-12-19(32-23(15)20)24-31-14-16(39-24)13-22(34)38-25(35)18-8-5-11-30-18/h2-4,6-7,9-10,12,16,18,30,32H,5,8,11,13-14H2,1H3/t16?,18-/m0/s1. The molecule has 0 aliphatic carbocycles. The highest BCUT2D eigenvalue weighted by Crippen LogP contribution is 2.38. The van der Waals surface area contributed by atoms with Crippen LogP contribution in [0.4, 0.5) is 18.9 Å². The van der Waals surface area contributed by atoms with Gasteiger partial charge in [-0.05, 0) is 43.7 Å². The van der Waals surface area contributed by atoms with Gasteiger partial charge in [-0.25, -0.2) is 13.2 Å². The second-order valence-electron chi connectivity index (χ2n) is 9.42. The van der Waals surface area contributed by atoms with Crippen molar-refractivity contribution < 1.29 is 35.9 Å². The van der Waals surface area contributed by atoms with Crippen LogP contribution in [0.15, 0.2) is 58.4 Å². The van der Waals surface area contributed by atoms with Crippen molar-refractivity contribution in [2.24, 2.45) is 4.99 Å². The number of alkyl halides is 3. The van der Waals surface area contributed by atoms with Gasteiger partial charge in [0.25, 0.3) is 10.0 Å². The smallest absolute Gasteiger partial charge is 0.392 e. The van der Waals surface area contributed by atoms with E-state index in [1.165, 1.54) is 30.9 Å². The molecule has 1 fully saturated rings. The number of hydrogen-bond acceptors (Lipinski definition) is 8. The van der Waals surface area contributed by atoms with E-state index < -0.39 is 44.6 Å². The van der Waals surface area contributed by atoms with Crippen LogP contribution in [-0.4, -0.2) is 61.8 Å². The number of esters is 2. The molecule has 0 saturated carbocycles. The van der Waals surface area contributed by atoms with E-state index in [2.05, 4.69) is 15.3 Å². The molecular weight excluding hydrogens is 569 g/mol. The number of anilines is 1. The maximum absolute atomic E-state index is 13.6. The molecule has 5 rings (SSSR count). The number of nitrogens with zero attached hydrogens (tertiary/aromatic N) is 2. The van der Waals surface area contributed by atoms with Crippen LogP contribution in [0, 0.1) is 0 Å². The van der Waals surface area contributed by atoms with Crippen LogP contribution in [0.25, 0.3) is 10.9 Å². The number of H-pyrrole nitrogens is 1. The zero-order valence-electron chi connectivity index (χ0n) is 21.2. The molecule has 1 saturated heterocycles. The Balaban J connectivity index is 1.33. The average molecular weight is 595 g/mol. The molecule has 1 aromatic heterocycles. The normalized spacial score (nSPS) is 19.6. The Morgan fingerprint density at radius 1 is 1.18 bits per heavy atom. The maximum Gasteiger partial charge on any atom is 0.417 e. The van der Waals surface area contributed by atoms with Crippen LogP contribution < -0.4 is 9.62 Å². The summed E-state index contributed by atoms with van der Waals surface area (Å²) in [7, 11) is -3.37. The number of sulfonamides is 1. The first-order valence-corrected chi connectivity index (χ1v) is 14.7. The molecule has 2 aromatic carbocycles. The van der Waals surface area contributed by atoms with Crippen molar-refractivity contribution in [2.75, 3.05) is 24.4 Å². The van der Waals surface area contributed by atoms with Gasteiger partial charge < -0.3 is 15.0 Å². The number of aromatic nitrogens is 1. The van der Waals surface area contributed by atoms with Crippen molar-refractivity contribution in [1.29, 1.82) is 0 Å². The SMILES string of the molecule is CN(c1cccc2cc(C3=NCC(CC(=O)OC(=O)[C@@H]4CCCN4)S3)[nH]c12)S(=O)(=O)c1ccccc1C(F)(F)F. The third-order valence-electron chi connectivity index (χ3n) is 6.71. The van der Waals surface area contributed by atoms with E-state index in [9.17, 15) is 31.2 Å². The molecule has 0 bridgehead atoms. The maximum atomic E-state index is 13.6. The van der Waals surface area contributed by atoms with Crippen LogP contribution >= 0.6 is 11.8 Å². The molecule has 40 heavy (non-hydrogen) atoms. The Morgan fingerprint density at radius 3 is 2.67 bits per heavy atom. The molecule has 2 aliphatic heterocycles. The summed E-state index contributed by atoms with van der Waals surface area (Å²) in [6.45, 7) is 1.02. The fourth-order valence-corrected chi connectivity index (χ4v) is 7.18. The fraction of sp³-hybridized carbons (Fsp3) is 0.346. The molecule has 3 aromatic rings. The Hall–Kier alpha value is -3.36. The largest absolute Gasteiger partial charge is 0.417 e. The van der Waals surface area contributed by atoms with E-state index in [0.29, 0.717) is 41.2 Å². The average Bonchev–Trinajstić information content (AvgIpc) is 3.68. The fourth-order valence-electron chi connectivity index (χ4n) is 4.69. The second kappa shape index (κ2) is 10.9. The van der Waals surface area contributed by atoms with Crippen molar-refractivity contribution in [1.82, 2.24) is 10.3 Å². The Bertz CT molecular complexity index is 1600. The van der Waals surface area contributed by atoms with E-state index in [1.54, 1.807) is 18.2 Å². The van der Waals surface area contributed by atoms with Crippen molar-refractivity contribution >= 4 is 55.4 Å². The Morgan fingerprint density at radius 2 is 1.95 bits per heavy atom. The number of benzene rings is 2. The van der Waals surface area contributed by atoms with E-state index in [1.807, 2.05) is 0 Å². The number of carbonyl (C=O) groups excluding carboxylic acids is 2. The van der Waals surface area contributed by atoms with Crippen molar-refractivity contribution in [3.8, 4) is 0 Å². The van der Waals surface area contributed by atoms with Crippen LogP contribution in [0.3, 0.4) is 0 Å². The lowest BCUT2D eigenvalue weighted by Gasteiger charge is -2.22. The highest BCUT2D eigenvalue weighted by Gasteiger charge is 2.38.